The third-order valence-corrected chi connectivity index (χ3v) is 2.48. The molecule has 0 N–H and O–H groups in total. The summed E-state index contributed by atoms with van der Waals surface area (Å²) in [6.07, 6.45) is 7.17. The van der Waals surface area contributed by atoms with Gasteiger partial charge in [0, 0.05) is 17.5 Å². The Bertz CT molecular complexity index is 705. The second-order valence-electron chi connectivity index (χ2n) is 3.86. The fraction of sp³-hybridized carbons (Fsp3) is 0.0625. The summed E-state index contributed by atoms with van der Waals surface area (Å²) < 4.78 is 10.7. The lowest BCUT2D eigenvalue weighted by Gasteiger charge is -2.06. The Balaban J connectivity index is 2.35. The highest BCUT2D eigenvalue weighted by molar-refractivity contribution is 5.77. The molecule has 0 fully saturated rings. The molecule has 2 rings (SSSR count). The van der Waals surface area contributed by atoms with Crippen LogP contribution >= 0.6 is 0 Å². The van der Waals surface area contributed by atoms with Crippen LogP contribution in [0.2, 0.25) is 0 Å². The molecule has 0 aliphatic carbocycles. The van der Waals surface area contributed by atoms with Crippen molar-refractivity contribution in [1.82, 2.24) is 0 Å². The molecule has 0 saturated carbocycles. The molecule has 0 aliphatic heterocycles. The highest BCUT2D eigenvalue weighted by Gasteiger charge is 2.01. The second-order valence-corrected chi connectivity index (χ2v) is 3.86. The zero-order valence-electron chi connectivity index (χ0n) is 10.6. The average Bonchev–Trinajstić information content (AvgIpc) is 2.43. The van der Waals surface area contributed by atoms with Gasteiger partial charge in [-0.3, -0.25) is 0 Å². The number of ether oxygens (including phenoxy) is 1. The number of allylic oxidation sites excluding steroid dienone is 4. The van der Waals surface area contributed by atoms with Gasteiger partial charge in [-0.15, -0.1) is 0 Å². The highest BCUT2D eigenvalue weighted by atomic mass is 16.5. The summed E-state index contributed by atoms with van der Waals surface area (Å²) in [6.45, 7) is 5.60. The van der Waals surface area contributed by atoms with Crippen LogP contribution in [0, 0.1) is 0 Å². The first-order valence-corrected chi connectivity index (χ1v) is 5.90. The van der Waals surface area contributed by atoms with Crippen LogP contribution in [-0.2, 0) is 0 Å². The van der Waals surface area contributed by atoms with Gasteiger partial charge in [-0.05, 0) is 37.3 Å². The van der Waals surface area contributed by atoms with E-state index in [2.05, 4.69) is 6.58 Å². The lowest BCUT2D eigenvalue weighted by molar-refractivity contribution is 0.443. The molecule has 19 heavy (non-hydrogen) atoms. The number of fused-ring (bicyclic) bond motifs is 1. The SMILES string of the molecule is C=C/C(=C\C=C/C)Oc1ccc2ccc(=O)oc2c1. The maximum absolute atomic E-state index is 11.2. The van der Waals surface area contributed by atoms with E-state index < -0.39 is 0 Å². The summed E-state index contributed by atoms with van der Waals surface area (Å²) in [5.74, 6) is 1.22. The summed E-state index contributed by atoms with van der Waals surface area (Å²) in [6, 6.07) is 8.45. The van der Waals surface area contributed by atoms with Gasteiger partial charge in [0.25, 0.3) is 0 Å². The maximum Gasteiger partial charge on any atom is 0.336 e. The first-order chi connectivity index (χ1) is 9.22. The van der Waals surface area contributed by atoms with Gasteiger partial charge < -0.3 is 9.15 Å². The molecule has 2 aromatic rings. The van der Waals surface area contributed by atoms with Crippen LogP contribution in [-0.4, -0.2) is 0 Å². The second kappa shape index (κ2) is 5.87. The molecule has 0 unspecified atom stereocenters. The van der Waals surface area contributed by atoms with Crippen molar-refractivity contribution in [3.05, 3.63) is 77.4 Å². The molecule has 0 radical (unpaired) electrons. The molecule has 96 valence electrons. The molecule has 1 aromatic heterocycles. The van der Waals surface area contributed by atoms with E-state index in [1.165, 1.54) is 6.07 Å². The van der Waals surface area contributed by atoms with E-state index in [0.29, 0.717) is 17.1 Å². The molecule has 1 heterocycles. The van der Waals surface area contributed by atoms with Gasteiger partial charge in [0.1, 0.15) is 17.1 Å². The minimum atomic E-state index is -0.377. The Kier molecular flexibility index (Phi) is 3.98. The average molecular weight is 254 g/mol. The zero-order chi connectivity index (χ0) is 13.7. The topological polar surface area (TPSA) is 39.4 Å². The highest BCUT2D eigenvalue weighted by Crippen LogP contribution is 2.21. The smallest absolute Gasteiger partial charge is 0.336 e. The summed E-state index contributed by atoms with van der Waals surface area (Å²) in [4.78, 5) is 11.2. The van der Waals surface area contributed by atoms with Crippen LogP contribution in [0.1, 0.15) is 6.92 Å². The lowest BCUT2D eigenvalue weighted by atomic mass is 10.2. The predicted octanol–water partition coefficient (Wildman–Crippen LogP) is 3.82. The van der Waals surface area contributed by atoms with Gasteiger partial charge >= 0.3 is 5.63 Å². The number of hydrogen-bond donors (Lipinski definition) is 0. The normalized spacial score (nSPS) is 11.9. The molecule has 0 spiro atoms. The molecule has 1 aromatic carbocycles. The molecule has 0 saturated heterocycles. The Hall–Kier alpha value is -2.55. The van der Waals surface area contributed by atoms with Crippen LogP contribution in [0.3, 0.4) is 0 Å². The predicted molar refractivity (Wildman–Crippen MR) is 76.2 cm³/mol. The lowest BCUT2D eigenvalue weighted by Crippen LogP contribution is -1.95. The minimum Gasteiger partial charge on any atom is -0.457 e. The van der Waals surface area contributed by atoms with Gasteiger partial charge in [-0.1, -0.05) is 18.7 Å². The number of benzene rings is 1. The van der Waals surface area contributed by atoms with Crippen LogP contribution in [0.15, 0.2) is 76.2 Å². The summed E-state index contributed by atoms with van der Waals surface area (Å²) in [5.41, 5.74) is 0.123. The largest absolute Gasteiger partial charge is 0.457 e. The fourth-order valence-electron chi connectivity index (χ4n) is 1.58. The quantitative estimate of drug-likeness (QED) is 0.473. The van der Waals surface area contributed by atoms with Gasteiger partial charge in [0.05, 0.1) is 0 Å². The molecular weight excluding hydrogens is 240 g/mol. The fourth-order valence-corrected chi connectivity index (χ4v) is 1.58. The summed E-state index contributed by atoms with van der Waals surface area (Å²) in [5, 5.41) is 0.851. The zero-order valence-corrected chi connectivity index (χ0v) is 10.6. The minimum absolute atomic E-state index is 0.377. The Labute approximate surface area is 111 Å². The van der Waals surface area contributed by atoms with E-state index >= 15 is 0 Å². The van der Waals surface area contributed by atoms with Gasteiger partial charge in [-0.2, -0.15) is 0 Å². The standard InChI is InChI=1S/C16H14O3/c1-3-5-6-13(4-2)18-14-9-7-12-8-10-16(17)19-15(12)11-14/h3-11H,2H2,1H3/b5-3-,13-6+. The molecule has 3 heteroatoms. The third-order valence-electron chi connectivity index (χ3n) is 2.48. The Morgan fingerprint density at radius 2 is 2.11 bits per heavy atom. The molecular formula is C16H14O3. The molecule has 0 atom stereocenters. The van der Waals surface area contributed by atoms with E-state index in [4.69, 9.17) is 9.15 Å². The first kappa shape index (κ1) is 12.9. The van der Waals surface area contributed by atoms with Crippen molar-refractivity contribution in [2.75, 3.05) is 0 Å². The maximum atomic E-state index is 11.2. The summed E-state index contributed by atoms with van der Waals surface area (Å²) >= 11 is 0. The van der Waals surface area contributed by atoms with E-state index in [-0.39, 0.29) is 5.63 Å². The van der Waals surface area contributed by atoms with Crippen molar-refractivity contribution >= 4 is 11.0 Å². The molecule has 0 amide bonds. The van der Waals surface area contributed by atoms with Crippen molar-refractivity contribution in [2.24, 2.45) is 0 Å². The summed E-state index contributed by atoms with van der Waals surface area (Å²) in [7, 11) is 0. The van der Waals surface area contributed by atoms with Crippen molar-refractivity contribution in [3.63, 3.8) is 0 Å². The molecule has 3 nitrogen and oxygen atoms in total. The van der Waals surface area contributed by atoms with Crippen molar-refractivity contribution in [3.8, 4) is 5.75 Å². The third kappa shape index (κ3) is 3.22. The van der Waals surface area contributed by atoms with E-state index in [0.717, 1.165) is 5.39 Å². The monoisotopic (exact) mass is 254 g/mol. The Morgan fingerprint density at radius 3 is 2.84 bits per heavy atom. The van der Waals surface area contributed by atoms with E-state index in [1.807, 2.05) is 31.2 Å². The number of hydrogen-bond acceptors (Lipinski definition) is 3. The first-order valence-electron chi connectivity index (χ1n) is 5.90. The van der Waals surface area contributed by atoms with E-state index in [9.17, 15) is 4.79 Å². The molecule has 0 bridgehead atoms. The van der Waals surface area contributed by atoms with Crippen LogP contribution in [0.5, 0.6) is 5.75 Å². The van der Waals surface area contributed by atoms with Gasteiger partial charge in [-0.25, -0.2) is 4.79 Å². The van der Waals surface area contributed by atoms with Gasteiger partial charge in [0.15, 0.2) is 0 Å². The molecule has 0 aliphatic rings. The van der Waals surface area contributed by atoms with Crippen molar-refractivity contribution in [1.29, 1.82) is 0 Å². The van der Waals surface area contributed by atoms with Crippen LogP contribution in [0.4, 0.5) is 0 Å². The van der Waals surface area contributed by atoms with Crippen LogP contribution in [0.25, 0.3) is 11.0 Å². The van der Waals surface area contributed by atoms with Crippen molar-refractivity contribution in [2.45, 2.75) is 6.92 Å². The van der Waals surface area contributed by atoms with E-state index in [1.54, 1.807) is 24.3 Å². The number of rotatable bonds is 4. The van der Waals surface area contributed by atoms with Crippen molar-refractivity contribution < 1.29 is 9.15 Å². The van der Waals surface area contributed by atoms with Crippen LogP contribution < -0.4 is 10.4 Å². The van der Waals surface area contributed by atoms with Gasteiger partial charge in [0.2, 0.25) is 0 Å². The Morgan fingerprint density at radius 1 is 1.32 bits per heavy atom.